The van der Waals surface area contributed by atoms with Gasteiger partial charge in [-0.1, -0.05) is 26.7 Å². The molecule has 0 radical (unpaired) electrons. The molecule has 0 bridgehead atoms. The lowest BCUT2D eigenvalue weighted by atomic mass is 10.0. The van der Waals surface area contributed by atoms with E-state index < -0.39 is 12.0 Å². The Kier molecular flexibility index (Phi) is 6.77. The van der Waals surface area contributed by atoms with Crippen molar-refractivity contribution in [3.05, 3.63) is 24.3 Å². The molecule has 1 aromatic carbocycles. The summed E-state index contributed by atoms with van der Waals surface area (Å²) in [5, 5.41) is 5.96. The highest BCUT2D eigenvalue weighted by Gasteiger charge is 2.37. The second-order valence-corrected chi connectivity index (χ2v) is 8.32. The maximum absolute atomic E-state index is 12.8. The third-order valence-electron chi connectivity index (χ3n) is 5.83. The average molecular weight is 402 g/mol. The highest BCUT2D eigenvalue weighted by Crippen LogP contribution is 2.27. The Morgan fingerprint density at radius 1 is 1.14 bits per heavy atom. The summed E-state index contributed by atoms with van der Waals surface area (Å²) in [7, 11) is 1.59. The van der Waals surface area contributed by atoms with Gasteiger partial charge in [0.2, 0.25) is 17.7 Å². The van der Waals surface area contributed by atoms with E-state index in [-0.39, 0.29) is 36.1 Å². The normalized spacial score (nSPS) is 20.8. The van der Waals surface area contributed by atoms with Crippen molar-refractivity contribution in [3.63, 3.8) is 0 Å². The third-order valence-corrected chi connectivity index (χ3v) is 5.83. The van der Waals surface area contributed by atoms with E-state index in [1.807, 2.05) is 26.0 Å². The number of rotatable bonds is 7. The maximum atomic E-state index is 12.8. The Balaban J connectivity index is 1.61. The van der Waals surface area contributed by atoms with E-state index in [9.17, 15) is 14.4 Å². The van der Waals surface area contributed by atoms with E-state index in [1.54, 1.807) is 24.1 Å². The molecule has 1 aliphatic heterocycles. The van der Waals surface area contributed by atoms with Crippen molar-refractivity contribution in [1.82, 2.24) is 10.6 Å². The van der Waals surface area contributed by atoms with Gasteiger partial charge in [0.1, 0.15) is 11.8 Å². The van der Waals surface area contributed by atoms with Crippen LogP contribution in [0.3, 0.4) is 0 Å². The molecule has 2 aliphatic rings. The highest BCUT2D eigenvalue weighted by molar-refractivity contribution is 6.01. The van der Waals surface area contributed by atoms with E-state index in [1.165, 1.54) is 0 Å². The number of hydrogen-bond donors (Lipinski definition) is 2. The first-order valence-corrected chi connectivity index (χ1v) is 10.4. The molecule has 1 heterocycles. The number of carbonyl (C=O) groups is 3. The number of carbonyl (C=O) groups excluding carboxylic acids is 3. The van der Waals surface area contributed by atoms with E-state index in [2.05, 4.69) is 10.6 Å². The molecule has 2 fully saturated rings. The lowest BCUT2D eigenvalue weighted by Crippen LogP contribution is -2.53. The Hall–Kier alpha value is -2.57. The number of amides is 3. The summed E-state index contributed by atoms with van der Waals surface area (Å²) in [5.41, 5.74) is 0.741. The van der Waals surface area contributed by atoms with Crippen LogP contribution in [0.25, 0.3) is 0 Å². The molecule has 1 saturated heterocycles. The van der Waals surface area contributed by atoms with Crippen LogP contribution in [0.5, 0.6) is 5.75 Å². The van der Waals surface area contributed by atoms with Gasteiger partial charge < -0.3 is 20.3 Å². The first-order valence-electron chi connectivity index (χ1n) is 10.4. The fraction of sp³-hybridized carbons (Fsp3) is 0.591. The van der Waals surface area contributed by atoms with Crippen LogP contribution in [-0.2, 0) is 14.4 Å². The van der Waals surface area contributed by atoms with Gasteiger partial charge in [-0.2, -0.15) is 0 Å². The number of benzene rings is 1. The van der Waals surface area contributed by atoms with Crippen LogP contribution in [-0.4, -0.2) is 43.5 Å². The molecular formula is C22H31N3O4. The molecule has 29 heavy (non-hydrogen) atoms. The van der Waals surface area contributed by atoms with E-state index in [0.717, 1.165) is 31.4 Å². The monoisotopic (exact) mass is 401 g/mol. The van der Waals surface area contributed by atoms with Crippen molar-refractivity contribution in [2.24, 2.45) is 11.8 Å². The second kappa shape index (κ2) is 9.29. The SMILES string of the molecule is COc1ccc(N2C[C@@H](C(=O)N[C@H](C(=O)NC3CCCC3)C(C)C)CC2=O)cc1. The van der Waals surface area contributed by atoms with Crippen LogP contribution in [0.4, 0.5) is 5.69 Å². The smallest absolute Gasteiger partial charge is 0.243 e. The standard InChI is InChI=1S/C22H31N3O4/c1-14(2)20(22(28)23-16-6-4-5-7-16)24-21(27)15-12-19(26)25(13-15)17-8-10-18(29-3)11-9-17/h8-11,14-16,20H,4-7,12-13H2,1-3H3,(H,23,28)(H,24,27)/t15-,20-/m0/s1. The van der Waals surface area contributed by atoms with E-state index >= 15 is 0 Å². The quantitative estimate of drug-likeness (QED) is 0.734. The van der Waals surface area contributed by atoms with Gasteiger partial charge in [-0.05, 0) is 43.0 Å². The molecule has 2 atom stereocenters. The minimum Gasteiger partial charge on any atom is -0.497 e. The van der Waals surface area contributed by atoms with Gasteiger partial charge >= 0.3 is 0 Å². The number of nitrogens with one attached hydrogen (secondary N) is 2. The highest BCUT2D eigenvalue weighted by atomic mass is 16.5. The molecule has 1 saturated carbocycles. The summed E-state index contributed by atoms with van der Waals surface area (Å²) in [4.78, 5) is 39.6. The fourth-order valence-electron chi connectivity index (χ4n) is 4.06. The Morgan fingerprint density at radius 3 is 2.38 bits per heavy atom. The molecule has 0 spiro atoms. The predicted molar refractivity (Wildman–Crippen MR) is 111 cm³/mol. The van der Waals surface area contributed by atoms with Gasteiger partial charge in [-0.15, -0.1) is 0 Å². The summed E-state index contributed by atoms with van der Waals surface area (Å²) in [6.07, 6.45) is 4.41. The number of hydrogen-bond acceptors (Lipinski definition) is 4. The topological polar surface area (TPSA) is 87.7 Å². The fourth-order valence-corrected chi connectivity index (χ4v) is 4.06. The predicted octanol–water partition coefficient (Wildman–Crippen LogP) is 2.25. The van der Waals surface area contributed by atoms with Crippen LogP contribution in [0, 0.1) is 11.8 Å². The summed E-state index contributed by atoms with van der Waals surface area (Å²) in [6, 6.07) is 6.81. The van der Waals surface area contributed by atoms with Crippen LogP contribution in [0.2, 0.25) is 0 Å². The van der Waals surface area contributed by atoms with Crippen molar-refractivity contribution in [2.75, 3.05) is 18.6 Å². The van der Waals surface area contributed by atoms with Crippen LogP contribution in [0.1, 0.15) is 46.0 Å². The Morgan fingerprint density at radius 2 is 1.79 bits per heavy atom. The zero-order chi connectivity index (χ0) is 21.0. The van der Waals surface area contributed by atoms with E-state index in [4.69, 9.17) is 4.74 Å². The molecule has 3 rings (SSSR count). The zero-order valence-electron chi connectivity index (χ0n) is 17.4. The third kappa shape index (κ3) is 5.08. The maximum Gasteiger partial charge on any atom is 0.243 e. The van der Waals surface area contributed by atoms with Crippen molar-refractivity contribution >= 4 is 23.4 Å². The van der Waals surface area contributed by atoms with Gasteiger partial charge in [0, 0.05) is 24.7 Å². The number of ether oxygens (including phenoxy) is 1. The minimum absolute atomic E-state index is 0.0323. The summed E-state index contributed by atoms with van der Waals surface area (Å²) < 4.78 is 5.15. The van der Waals surface area contributed by atoms with Gasteiger partial charge in [0.05, 0.1) is 13.0 Å². The summed E-state index contributed by atoms with van der Waals surface area (Å²) in [6.45, 7) is 4.15. The molecule has 2 N–H and O–H groups in total. The van der Waals surface area contributed by atoms with Crippen molar-refractivity contribution in [1.29, 1.82) is 0 Å². The molecule has 0 aromatic heterocycles. The lowest BCUT2D eigenvalue weighted by molar-refractivity contribution is -0.132. The first kappa shape index (κ1) is 21.1. The summed E-state index contributed by atoms with van der Waals surface area (Å²) in [5.74, 6) is -0.249. The first-order chi connectivity index (χ1) is 13.9. The zero-order valence-corrected chi connectivity index (χ0v) is 17.4. The van der Waals surface area contributed by atoms with Crippen LogP contribution >= 0.6 is 0 Å². The molecule has 7 heteroatoms. The molecule has 1 aromatic rings. The van der Waals surface area contributed by atoms with Gasteiger partial charge in [0.25, 0.3) is 0 Å². The van der Waals surface area contributed by atoms with Crippen molar-refractivity contribution in [2.45, 2.75) is 58.0 Å². The second-order valence-electron chi connectivity index (χ2n) is 8.32. The van der Waals surface area contributed by atoms with Crippen molar-refractivity contribution < 1.29 is 19.1 Å². The molecule has 3 amide bonds. The van der Waals surface area contributed by atoms with Gasteiger partial charge in [0.15, 0.2) is 0 Å². The molecule has 7 nitrogen and oxygen atoms in total. The molecule has 1 aliphatic carbocycles. The Labute approximate surface area is 172 Å². The molecule has 158 valence electrons. The summed E-state index contributed by atoms with van der Waals surface area (Å²) >= 11 is 0. The lowest BCUT2D eigenvalue weighted by Gasteiger charge is -2.25. The van der Waals surface area contributed by atoms with Crippen LogP contribution < -0.4 is 20.3 Å². The number of methoxy groups -OCH3 is 1. The van der Waals surface area contributed by atoms with Gasteiger partial charge in [-0.3, -0.25) is 14.4 Å². The van der Waals surface area contributed by atoms with Gasteiger partial charge in [-0.25, -0.2) is 0 Å². The Bertz CT molecular complexity index is 741. The largest absolute Gasteiger partial charge is 0.497 e. The van der Waals surface area contributed by atoms with E-state index in [0.29, 0.717) is 12.3 Å². The minimum atomic E-state index is -0.590. The van der Waals surface area contributed by atoms with Crippen LogP contribution in [0.15, 0.2) is 24.3 Å². The number of anilines is 1. The molecule has 0 unspecified atom stereocenters. The number of nitrogens with zero attached hydrogens (tertiary/aromatic N) is 1. The average Bonchev–Trinajstić information content (AvgIpc) is 3.35. The van der Waals surface area contributed by atoms with Crippen molar-refractivity contribution in [3.8, 4) is 5.75 Å². The molecular weight excluding hydrogens is 370 g/mol.